The highest BCUT2D eigenvalue weighted by Crippen LogP contribution is 2.29. The zero-order valence-corrected chi connectivity index (χ0v) is 22.4. The lowest BCUT2D eigenvalue weighted by atomic mass is 9.95. The molecule has 0 spiro atoms. The molecule has 2 heterocycles. The summed E-state index contributed by atoms with van der Waals surface area (Å²) in [5.41, 5.74) is 2.34. The third kappa shape index (κ3) is 6.11. The Balaban J connectivity index is 1.53. The molecule has 0 atom stereocenters. The van der Waals surface area contributed by atoms with Crippen molar-refractivity contribution in [3.63, 3.8) is 0 Å². The minimum Gasteiger partial charge on any atom is -0.379 e. The van der Waals surface area contributed by atoms with Crippen LogP contribution in [0.2, 0.25) is 0 Å². The van der Waals surface area contributed by atoms with Gasteiger partial charge in [0.25, 0.3) is 5.91 Å². The fourth-order valence-corrected chi connectivity index (χ4v) is 6.44. The van der Waals surface area contributed by atoms with Gasteiger partial charge in [0.05, 0.1) is 23.8 Å². The predicted molar refractivity (Wildman–Crippen MR) is 147 cm³/mol. The molecule has 1 saturated carbocycles. The Morgan fingerprint density at radius 3 is 2.51 bits per heavy atom. The average Bonchev–Trinajstić information content (AvgIpc) is 3.41. The van der Waals surface area contributed by atoms with E-state index in [1.165, 1.54) is 10.4 Å². The molecular weight excluding hydrogens is 514 g/mol. The van der Waals surface area contributed by atoms with Crippen molar-refractivity contribution in [2.24, 2.45) is 0 Å². The van der Waals surface area contributed by atoms with Crippen molar-refractivity contribution >= 4 is 22.0 Å². The van der Waals surface area contributed by atoms with Gasteiger partial charge in [0.2, 0.25) is 10.0 Å². The number of rotatable bonds is 7. The Morgan fingerprint density at radius 1 is 1.05 bits per heavy atom. The zero-order valence-electron chi connectivity index (χ0n) is 21.6. The molecule has 2 fully saturated rings. The van der Waals surface area contributed by atoms with Gasteiger partial charge in [-0.2, -0.15) is 14.7 Å². The van der Waals surface area contributed by atoms with Gasteiger partial charge in [-0.3, -0.25) is 4.79 Å². The van der Waals surface area contributed by atoms with Crippen molar-refractivity contribution in [1.82, 2.24) is 19.4 Å². The first-order chi connectivity index (χ1) is 19.0. The molecule has 9 nitrogen and oxygen atoms in total. The number of hydrogen-bond donors (Lipinski definition) is 1. The summed E-state index contributed by atoms with van der Waals surface area (Å²) in [6, 6.07) is 18.2. The number of nitrogens with zero attached hydrogens (tertiary/aromatic N) is 4. The second-order valence-electron chi connectivity index (χ2n) is 9.74. The van der Waals surface area contributed by atoms with Crippen molar-refractivity contribution in [3.8, 4) is 23.0 Å². The molecule has 5 rings (SSSR count). The third-order valence-corrected chi connectivity index (χ3v) is 8.98. The van der Waals surface area contributed by atoms with Crippen molar-refractivity contribution in [1.29, 1.82) is 5.26 Å². The number of sulfonamides is 1. The predicted octanol–water partition coefficient (Wildman–Crippen LogP) is 3.92. The van der Waals surface area contributed by atoms with Crippen LogP contribution in [0, 0.1) is 11.3 Å². The van der Waals surface area contributed by atoms with E-state index < -0.39 is 15.9 Å². The summed E-state index contributed by atoms with van der Waals surface area (Å²) in [6.45, 7) is 1.31. The number of aromatic nitrogens is 2. The normalized spacial score (nSPS) is 17.5. The maximum Gasteiger partial charge on any atom is 0.262 e. The summed E-state index contributed by atoms with van der Waals surface area (Å²) in [7, 11) is -3.72. The van der Waals surface area contributed by atoms with E-state index in [1.54, 1.807) is 35.1 Å². The summed E-state index contributed by atoms with van der Waals surface area (Å²) in [5.74, 6) is -0.411. The molecule has 202 valence electrons. The monoisotopic (exact) mass is 545 g/mol. The molecule has 0 radical (unpaired) electrons. The van der Waals surface area contributed by atoms with Crippen LogP contribution in [0.4, 0.5) is 0 Å². The maximum atomic E-state index is 13.3. The highest BCUT2D eigenvalue weighted by atomic mass is 32.2. The highest BCUT2D eigenvalue weighted by Gasteiger charge is 2.27. The smallest absolute Gasteiger partial charge is 0.262 e. The van der Waals surface area contributed by atoms with E-state index in [0.717, 1.165) is 37.8 Å². The van der Waals surface area contributed by atoms with Gasteiger partial charge in [-0.1, -0.05) is 49.6 Å². The molecule has 2 aliphatic rings. The minimum atomic E-state index is -3.72. The molecule has 1 aromatic heterocycles. The lowest BCUT2D eigenvalue weighted by molar-refractivity contribution is -0.117. The number of nitriles is 1. The Bertz CT molecular complexity index is 1500. The van der Waals surface area contributed by atoms with Crippen LogP contribution in [0.5, 0.6) is 0 Å². The number of carbonyl (C=O) groups excluding carboxylic acids is 1. The van der Waals surface area contributed by atoms with Gasteiger partial charge in [0.15, 0.2) is 0 Å². The largest absolute Gasteiger partial charge is 0.379 e. The fourth-order valence-electron chi connectivity index (χ4n) is 4.98. The molecule has 2 aromatic carbocycles. The molecule has 1 aliphatic carbocycles. The van der Waals surface area contributed by atoms with Gasteiger partial charge in [-0.25, -0.2) is 13.1 Å². The lowest BCUT2D eigenvalue weighted by Gasteiger charge is -2.26. The molecule has 0 unspecified atom stereocenters. The van der Waals surface area contributed by atoms with E-state index in [1.807, 2.05) is 36.4 Å². The number of amides is 1. The summed E-state index contributed by atoms with van der Waals surface area (Å²) in [5, 5.41) is 17.6. The zero-order chi connectivity index (χ0) is 27.2. The minimum absolute atomic E-state index is 0.0217. The molecule has 39 heavy (non-hydrogen) atoms. The quantitative estimate of drug-likeness (QED) is 0.355. The Kier molecular flexibility index (Phi) is 8.21. The van der Waals surface area contributed by atoms with Crippen molar-refractivity contribution in [3.05, 3.63) is 71.9 Å². The lowest BCUT2D eigenvalue weighted by Crippen LogP contribution is -2.40. The Morgan fingerprint density at radius 2 is 1.79 bits per heavy atom. The van der Waals surface area contributed by atoms with Crippen LogP contribution < -0.4 is 5.32 Å². The van der Waals surface area contributed by atoms with Gasteiger partial charge in [-0.15, -0.1) is 0 Å². The number of morpholine rings is 1. The van der Waals surface area contributed by atoms with Crippen molar-refractivity contribution in [2.45, 2.75) is 43.0 Å². The van der Waals surface area contributed by atoms with Crippen LogP contribution >= 0.6 is 0 Å². The van der Waals surface area contributed by atoms with Crippen LogP contribution in [0.15, 0.2) is 71.3 Å². The molecular formula is C29H31N5O4S. The number of benzene rings is 2. The maximum absolute atomic E-state index is 13.3. The van der Waals surface area contributed by atoms with Gasteiger partial charge < -0.3 is 10.1 Å². The fraction of sp³-hybridized carbons (Fsp3) is 0.345. The van der Waals surface area contributed by atoms with Crippen LogP contribution in [0.25, 0.3) is 23.0 Å². The van der Waals surface area contributed by atoms with Crippen LogP contribution in [-0.4, -0.2) is 60.8 Å². The van der Waals surface area contributed by atoms with Gasteiger partial charge in [0.1, 0.15) is 17.3 Å². The molecule has 1 amide bonds. The summed E-state index contributed by atoms with van der Waals surface area (Å²) < 4.78 is 35.0. The van der Waals surface area contributed by atoms with Crippen molar-refractivity contribution < 1.29 is 17.9 Å². The van der Waals surface area contributed by atoms with Crippen molar-refractivity contribution in [2.75, 3.05) is 26.3 Å². The Labute approximate surface area is 228 Å². The standard InChI is InChI=1S/C29H31N5O4S/c30-20-23(29(35)31-25-9-3-1-4-10-25)18-24-21-34(26-11-5-2-6-12-26)32-28(24)22-8-7-13-27(19-22)39(36,37)33-14-16-38-17-15-33/h2,5-8,11-13,18-19,21,25H,1,3-4,9-10,14-17H2,(H,31,35)/b23-18-. The first-order valence-electron chi connectivity index (χ1n) is 13.2. The average molecular weight is 546 g/mol. The van der Waals surface area contributed by atoms with Crippen LogP contribution in [0.3, 0.4) is 0 Å². The molecule has 1 N–H and O–H groups in total. The van der Waals surface area contributed by atoms with E-state index in [0.29, 0.717) is 43.1 Å². The van der Waals surface area contributed by atoms with E-state index in [4.69, 9.17) is 9.84 Å². The summed E-state index contributed by atoms with van der Waals surface area (Å²) in [4.78, 5) is 13.2. The molecule has 3 aromatic rings. The number of carbonyl (C=O) groups is 1. The van der Waals surface area contributed by atoms with E-state index in [9.17, 15) is 18.5 Å². The number of nitrogens with one attached hydrogen (secondary N) is 1. The number of hydrogen-bond acceptors (Lipinski definition) is 6. The Hall–Kier alpha value is -3.78. The first kappa shape index (κ1) is 26.8. The molecule has 0 bridgehead atoms. The topological polar surface area (TPSA) is 117 Å². The van der Waals surface area contributed by atoms with E-state index in [-0.39, 0.29) is 16.5 Å². The SMILES string of the molecule is N#C/C(=C/c1cn(-c2ccccc2)nc1-c1cccc(S(=O)(=O)N2CCOCC2)c1)C(=O)NC1CCCCC1. The summed E-state index contributed by atoms with van der Waals surface area (Å²) in [6.07, 6.45) is 8.39. The first-order valence-corrected chi connectivity index (χ1v) is 14.7. The second-order valence-corrected chi connectivity index (χ2v) is 11.7. The second kappa shape index (κ2) is 11.9. The number of para-hydroxylation sites is 1. The molecule has 10 heteroatoms. The van der Waals surface area contributed by atoms with E-state index >= 15 is 0 Å². The van der Waals surface area contributed by atoms with Gasteiger partial charge in [-0.05, 0) is 43.2 Å². The van der Waals surface area contributed by atoms with Crippen LogP contribution in [0.1, 0.15) is 37.7 Å². The highest BCUT2D eigenvalue weighted by molar-refractivity contribution is 7.89. The molecule has 1 saturated heterocycles. The molecule has 1 aliphatic heterocycles. The van der Waals surface area contributed by atoms with Gasteiger partial charge in [0, 0.05) is 36.5 Å². The van der Waals surface area contributed by atoms with Gasteiger partial charge >= 0.3 is 0 Å². The van der Waals surface area contributed by atoms with Crippen LogP contribution in [-0.2, 0) is 19.6 Å². The summed E-state index contributed by atoms with van der Waals surface area (Å²) >= 11 is 0. The number of ether oxygens (including phenoxy) is 1. The third-order valence-electron chi connectivity index (χ3n) is 7.08. The van der Waals surface area contributed by atoms with E-state index in [2.05, 4.69) is 5.32 Å².